The number of hydrogen-bond donors (Lipinski definition) is 1. The second kappa shape index (κ2) is 4.44. The van der Waals surface area contributed by atoms with Gasteiger partial charge in [-0.2, -0.15) is 5.10 Å². The van der Waals surface area contributed by atoms with E-state index in [0.29, 0.717) is 6.54 Å². The highest BCUT2D eigenvalue weighted by atomic mass is 15.4. The Labute approximate surface area is 94.1 Å². The van der Waals surface area contributed by atoms with Crippen LogP contribution in [0.25, 0.3) is 0 Å². The van der Waals surface area contributed by atoms with Gasteiger partial charge >= 0.3 is 0 Å². The molecule has 2 aromatic heterocycles. The van der Waals surface area contributed by atoms with E-state index >= 15 is 0 Å². The summed E-state index contributed by atoms with van der Waals surface area (Å²) in [5.41, 5.74) is 8.48. The molecule has 0 aliphatic carbocycles. The molecule has 16 heavy (non-hydrogen) atoms. The number of rotatable bonds is 4. The molecule has 2 heterocycles. The first-order chi connectivity index (χ1) is 7.69. The van der Waals surface area contributed by atoms with Crippen molar-refractivity contribution in [3.05, 3.63) is 29.3 Å². The van der Waals surface area contributed by atoms with Crippen molar-refractivity contribution in [3.8, 4) is 0 Å². The topological polar surface area (TPSA) is 74.5 Å². The highest BCUT2D eigenvalue weighted by Gasteiger charge is 2.02. The number of hydrogen-bond acceptors (Lipinski definition) is 4. The minimum Gasteiger partial charge on any atom is -0.325 e. The van der Waals surface area contributed by atoms with Gasteiger partial charge in [0.05, 0.1) is 24.5 Å². The van der Waals surface area contributed by atoms with Crippen LogP contribution < -0.4 is 5.73 Å². The van der Waals surface area contributed by atoms with Crippen molar-refractivity contribution < 1.29 is 0 Å². The van der Waals surface area contributed by atoms with E-state index in [1.54, 1.807) is 4.68 Å². The lowest BCUT2D eigenvalue weighted by Crippen LogP contribution is -2.10. The van der Waals surface area contributed by atoms with Crippen molar-refractivity contribution in [2.45, 2.75) is 33.5 Å². The van der Waals surface area contributed by atoms with Crippen molar-refractivity contribution in [1.82, 2.24) is 24.8 Å². The fourth-order valence-corrected chi connectivity index (χ4v) is 1.64. The minimum atomic E-state index is 0.430. The second-order valence-corrected chi connectivity index (χ2v) is 3.83. The second-order valence-electron chi connectivity index (χ2n) is 3.83. The fourth-order valence-electron chi connectivity index (χ4n) is 1.64. The molecule has 0 aliphatic rings. The molecule has 2 rings (SSSR count). The molecule has 0 aliphatic heterocycles. The van der Waals surface area contributed by atoms with E-state index in [0.717, 1.165) is 30.2 Å². The average Bonchev–Trinajstić information content (AvgIpc) is 2.82. The number of aryl methyl sites for hydroxylation is 4. The van der Waals surface area contributed by atoms with Crippen LogP contribution >= 0.6 is 0 Å². The van der Waals surface area contributed by atoms with Crippen LogP contribution in [0.1, 0.15) is 17.1 Å². The molecule has 0 aromatic carbocycles. The van der Waals surface area contributed by atoms with E-state index in [1.165, 1.54) is 0 Å². The number of nitrogens with two attached hydrogens (primary N) is 1. The van der Waals surface area contributed by atoms with Crippen molar-refractivity contribution in [2.24, 2.45) is 5.73 Å². The summed E-state index contributed by atoms with van der Waals surface area (Å²) in [6, 6.07) is 2.06. The first-order valence-corrected chi connectivity index (χ1v) is 5.29. The Hall–Kier alpha value is -1.69. The molecule has 0 bridgehead atoms. The molecule has 86 valence electrons. The van der Waals surface area contributed by atoms with E-state index in [2.05, 4.69) is 21.5 Å². The first-order valence-electron chi connectivity index (χ1n) is 5.29. The SMILES string of the molecule is Cc1cc(C)n(CCn2cc(CN)nn2)n1. The summed E-state index contributed by atoms with van der Waals surface area (Å²) < 4.78 is 3.76. The van der Waals surface area contributed by atoms with Crippen LogP contribution in [0.5, 0.6) is 0 Å². The Morgan fingerprint density at radius 2 is 2.12 bits per heavy atom. The van der Waals surface area contributed by atoms with Crippen LogP contribution in [-0.2, 0) is 19.6 Å². The molecule has 0 amide bonds. The lowest BCUT2D eigenvalue weighted by Gasteiger charge is -2.03. The zero-order valence-electron chi connectivity index (χ0n) is 9.59. The fraction of sp³-hybridized carbons (Fsp3) is 0.500. The van der Waals surface area contributed by atoms with Crippen LogP contribution in [0.3, 0.4) is 0 Å². The van der Waals surface area contributed by atoms with Crippen LogP contribution in [0.2, 0.25) is 0 Å². The summed E-state index contributed by atoms with van der Waals surface area (Å²) in [7, 11) is 0. The van der Waals surface area contributed by atoms with Crippen LogP contribution in [0.4, 0.5) is 0 Å². The van der Waals surface area contributed by atoms with Crippen LogP contribution in [-0.4, -0.2) is 24.8 Å². The quantitative estimate of drug-likeness (QED) is 0.801. The van der Waals surface area contributed by atoms with E-state index in [1.807, 2.05) is 24.7 Å². The maximum absolute atomic E-state index is 5.46. The lowest BCUT2D eigenvalue weighted by atomic mass is 10.4. The average molecular weight is 220 g/mol. The van der Waals surface area contributed by atoms with Gasteiger partial charge in [-0.05, 0) is 19.9 Å². The third-order valence-corrected chi connectivity index (χ3v) is 2.44. The summed E-state index contributed by atoms with van der Waals surface area (Å²) in [5, 5.41) is 12.3. The molecule has 0 radical (unpaired) electrons. The van der Waals surface area contributed by atoms with Crippen molar-refractivity contribution in [2.75, 3.05) is 0 Å². The van der Waals surface area contributed by atoms with Gasteiger partial charge in [-0.1, -0.05) is 5.21 Å². The first kappa shape index (κ1) is 10.8. The monoisotopic (exact) mass is 220 g/mol. The van der Waals surface area contributed by atoms with Gasteiger partial charge in [-0.3, -0.25) is 9.36 Å². The third kappa shape index (κ3) is 2.27. The molecule has 2 aromatic rings. The van der Waals surface area contributed by atoms with Crippen molar-refractivity contribution in [1.29, 1.82) is 0 Å². The van der Waals surface area contributed by atoms with Gasteiger partial charge in [-0.15, -0.1) is 5.10 Å². The summed E-state index contributed by atoms with van der Waals surface area (Å²) in [6.07, 6.45) is 1.87. The highest BCUT2D eigenvalue weighted by molar-refractivity contribution is 5.06. The zero-order chi connectivity index (χ0) is 11.5. The highest BCUT2D eigenvalue weighted by Crippen LogP contribution is 2.02. The smallest absolute Gasteiger partial charge is 0.0962 e. The molecule has 0 fully saturated rings. The molecular weight excluding hydrogens is 204 g/mol. The normalized spacial score (nSPS) is 10.9. The van der Waals surface area contributed by atoms with Crippen molar-refractivity contribution >= 4 is 0 Å². The maximum atomic E-state index is 5.46. The lowest BCUT2D eigenvalue weighted by molar-refractivity contribution is 0.481. The minimum absolute atomic E-state index is 0.430. The molecule has 0 saturated carbocycles. The van der Waals surface area contributed by atoms with E-state index in [4.69, 9.17) is 5.73 Å². The predicted octanol–water partition coefficient (Wildman–Crippen LogP) is 0.250. The van der Waals surface area contributed by atoms with Gasteiger partial charge in [0.2, 0.25) is 0 Å². The molecular formula is C10H16N6. The van der Waals surface area contributed by atoms with Gasteiger partial charge in [0.15, 0.2) is 0 Å². The van der Waals surface area contributed by atoms with E-state index < -0.39 is 0 Å². The van der Waals surface area contributed by atoms with Crippen LogP contribution in [0.15, 0.2) is 12.3 Å². The van der Waals surface area contributed by atoms with E-state index in [-0.39, 0.29) is 0 Å². The Kier molecular flexibility index (Phi) is 3.00. The summed E-state index contributed by atoms with van der Waals surface area (Å²) >= 11 is 0. The van der Waals surface area contributed by atoms with Gasteiger partial charge in [0.1, 0.15) is 0 Å². The van der Waals surface area contributed by atoms with Gasteiger partial charge in [0.25, 0.3) is 0 Å². The molecule has 6 nitrogen and oxygen atoms in total. The predicted molar refractivity (Wildman–Crippen MR) is 59.6 cm³/mol. The Morgan fingerprint density at radius 3 is 2.69 bits per heavy atom. The number of aromatic nitrogens is 5. The maximum Gasteiger partial charge on any atom is 0.0962 e. The van der Waals surface area contributed by atoms with Crippen molar-refractivity contribution in [3.63, 3.8) is 0 Å². The summed E-state index contributed by atoms with van der Waals surface area (Å²) in [5.74, 6) is 0. The zero-order valence-corrected chi connectivity index (χ0v) is 9.59. The van der Waals surface area contributed by atoms with Crippen LogP contribution in [0, 0.1) is 13.8 Å². The third-order valence-electron chi connectivity index (χ3n) is 2.44. The molecule has 0 spiro atoms. The van der Waals surface area contributed by atoms with Gasteiger partial charge < -0.3 is 5.73 Å². The van der Waals surface area contributed by atoms with Gasteiger partial charge in [0, 0.05) is 18.4 Å². The van der Waals surface area contributed by atoms with E-state index in [9.17, 15) is 0 Å². The molecule has 0 atom stereocenters. The Morgan fingerprint density at radius 1 is 1.31 bits per heavy atom. The van der Waals surface area contributed by atoms with Gasteiger partial charge in [-0.25, -0.2) is 0 Å². The number of nitrogens with zero attached hydrogens (tertiary/aromatic N) is 5. The Bertz CT molecular complexity index is 469. The molecule has 0 unspecified atom stereocenters. The molecule has 6 heteroatoms. The Balaban J connectivity index is 1.99. The molecule has 0 saturated heterocycles. The molecule has 2 N–H and O–H groups in total. The summed E-state index contributed by atoms with van der Waals surface area (Å²) in [6.45, 7) is 6.03. The standard InChI is InChI=1S/C10H16N6/c1-8-5-9(2)16(13-8)4-3-15-7-10(6-11)12-14-15/h5,7H,3-4,6,11H2,1-2H3. The summed E-state index contributed by atoms with van der Waals surface area (Å²) in [4.78, 5) is 0. The largest absolute Gasteiger partial charge is 0.325 e.